The smallest absolute Gasteiger partial charge is 0.257 e. The van der Waals surface area contributed by atoms with E-state index in [-0.39, 0.29) is 5.91 Å². The summed E-state index contributed by atoms with van der Waals surface area (Å²) in [5.74, 6) is 1.03. The lowest BCUT2D eigenvalue weighted by Gasteiger charge is -2.11. The highest BCUT2D eigenvalue weighted by atomic mass is 16.5. The number of rotatable bonds is 6. The zero-order valence-corrected chi connectivity index (χ0v) is 16.4. The first-order chi connectivity index (χ1) is 14.2. The van der Waals surface area contributed by atoms with E-state index in [0.717, 1.165) is 10.9 Å². The molecule has 0 aliphatic rings. The van der Waals surface area contributed by atoms with Gasteiger partial charge in [-0.1, -0.05) is 48.5 Å². The highest BCUT2D eigenvalue weighted by Crippen LogP contribution is 2.30. The molecule has 0 radical (unpaired) electrons. The van der Waals surface area contributed by atoms with Gasteiger partial charge >= 0.3 is 0 Å². The fourth-order valence-corrected chi connectivity index (χ4v) is 3.44. The first-order valence-electron chi connectivity index (χ1n) is 9.35. The van der Waals surface area contributed by atoms with Crippen LogP contribution in [0.2, 0.25) is 0 Å². The van der Waals surface area contributed by atoms with Crippen LogP contribution in [0.25, 0.3) is 10.9 Å². The Labute approximate surface area is 169 Å². The van der Waals surface area contributed by atoms with Crippen LogP contribution in [0.15, 0.2) is 79.0 Å². The number of para-hydroxylation sites is 1. The van der Waals surface area contributed by atoms with Gasteiger partial charge in [0.25, 0.3) is 5.91 Å². The van der Waals surface area contributed by atoms with E-state index in [1.54, 1.807) is 32.4 Å². The van der Waals surface area contributed by atoms with Crippen molar-refractivity contribution in [2.24, 2.45) is 0 Å². The highest BCUT2D eigenvalue weighted by molar-refractivity contribution is 6.13. The molecular formula is C24H22N2O3. The summed E-state index contributed by atoms with van der Waals surface area (Å²) in [6.45, 7) is 0.692. The molecule has 0 spiro atoms. The second kappa shape index (κ2) is 8.10. The molecule has 0 unspecified atom stereocenters. The van der Waals surface area contributed by atoms with Crippen LogP contribution >= 0.6 is 0 Å². The summed E-state index contributed by atoms with van der Waals surface area (Å²) >= 11 is 0. The number of ether oxygens (including phenoxy) is 2. The Balaban J connectivity index is 1.70. The molecule has 4 aromatic rings. The molecule has 146 valence electrons. The second-order valence-electron chi connectivity index (χ2n) is 6.69. The van der Waals surface area contributed by atoms with Crippen molar-refractivity contribution in [2.45, 2.75) is 6.54 Å². The minimum Gasteiger partial charge on any atom is -0.497 e. The average molecular weight is 386 g/mol. The Bertz CT molecular complexity index is 1150. The van der Waals surface area contributed by atoms with Crippen molar-refractivity contribution in [1.29, 1.82) is 0 Å². The third-order valence-corrected chi connectivity index (χ3v) is 4.88. The Kier molecular flexibility index (Phi) is 5.20. The lowest BCUT2D eigenvalue weighted by Crippen LogP contribution is -2.12. The molecule has 0 bridgehead atoms. The molecule has 1 amide bonds. The first kappa shape index (κ1) is 18.6. The number of carbonyl (C=O) groups is 1. The topological polar surface area (TPSA) is 52.5 Å². The van der Waals surface area contributed by atoms with E-state index >= 15 is 0 Å². The number of aromatic nitrogens is 1. The van der Waals surface area contributed by atoms with Crippen molar-refractivity contribution < 1.29 is 14.3 Å². The number of nitrogens with zero attached hydrogens (tertiary/aromatic N) is 1. The van der Waals surface area contributed by atoms with Crippen LogP contribution in [-0.2, 0) is 6.54 Å². The van der Waals surface area contributed by atoms with Gasteiger partial charge in [0, 0.05) is 29.7 Å². The molecule has 0 saturated carbocycles. The van der Waals surface area contributed by atoms with Crippen molar-refractivity contribution in [1.82, 2.24) is 4.57 Å². The SMILES string of the molecule is COc1ccc(OC)c(NC(=O)c2cn(Cc3ccccc3)c3ccccc23)c1. The van der Waals surface area contributed by atoms with E-state index in [0.29, 0.717) is 29.3 Å². The number of benzene rings is 3. The van der Waals surface area contributed by atoms with Crippen LogP contribution in [0.4, 0.5) is 5.69 Å². The number of carbonyl (C=O) groups excluding carboxylic acids is 1. The predicted octanol–water partition coefficient (Wildman–Crippen LogP) is 4.96. The maximum atomic E-state index is 13.1. The molecule has 0 aliphatic carbocycles. The molecule has 1 heterocycles. The third-order valence-electron chi connectivity index (χ3n) is 4.88. The molecule has 0 atom stereocenters. The summed E-state index contributed by atoms with van der Waals surface area (Å²) in [6.07, 6.45) is 1.90. The van der Waals surface area contributed by atoms with Crippen molar-refractivity contribution in [3.63, 3.8) is 0 Å². The molecule has 0 saturated heterocycles. The van der Waals surface area contributed by atoms with Crippen molar-refractivity contribution in [2.75, 3.05) is 19.5 Å². The summed E-state index contributed by atoms with van der Waals surface area (Å²) in [7, 11) is 3.16. The molecule has 4 rings (SSSR count). The zero-order chi connectivity index (χ0) is 20.2. The van der Waals surface area contributed by atoms with Crippen LogP contribution < -0.4 is 14.8 Å². The van der Waals surface area contributed by atoms with Gasteiger partial charge < -0.3 is 19.4 Å². The monoisotopic (exact) mass is 386 g/mol. The first-order valence-corrected chi connectivity index (χ1v) is 9.35. The largest absolute Gasteiger partial charge is 0.497 e. The van der Waals surface area contributed by atoms with Crippen LogP contribution in [0, 0.1) is 0 Å². The van der Waals surface area contributed by atoms with E-state index in [4.69, 9.17) is 9.47 Å². The standard InChI is InChI=1S/C24H22N2O3/c1-28-18-12-13-23(29-2)21(14-18)25-24(27)20-16-26(15-17-8-4-3-5-9-17)22-11-7-6-10-19(20)22/h3-14,16H,15H2,1-2H3,(H,25,27). The number of anilines is 1. The van der Waals surface area contributed by atoms with Crippen molar-refractivity contribution >= 4 is 22.5 Å². The molecule has 5 nitrogen and oxygen atoms in total. The van der Waals surface area contributed by atoms with E-state index in [1.807, 2.05) is 48.7 Å². The summed E-state index contributed by atoms with van der Waals surface area (Å²) in [5, 5.41) is 3.87. The number of methoxy groups -OCH3 is 2. The van der Waals surface area contributed by atoms with Crippen molar-refractivity contribution in [3.8, 4) is 11.5 Å². The van der Waals surface area contributed by atoms with Gasteiger partial charge in [-0.2, -0.15) is 0 Å². The van der Waals surface area contributed by atoms with Crippen LogP contribution in [0.5, 0.6) is 11.5 Å². The van der Waals surface area contributed by atoms with E-state index in [2.05, 4.69) is 22.0 Å². The molecule has 29 heavy (non-hydrogen) atoms. The minimum atomic E-state index is -0.195. The summed E-state index contributed by atoms with van der Waals surface area (Å²) in [4.78, 5) is 13.1. The van der Waals surface area contributed by atoms with Crippen LogP contribution in [0.1, 0.15) is 15.9 Å². The van der Waals surface area contributed by atoms with Gasteiger partial charge in [-0.05, 0) is 23.8 Å². The van der Waals surface area contributed by atoms with Gasteiger partial charge in [0.2, 0.25) is 0 Å². The summed E-state index contributed by atoms with van der Waals surface area (Å²) in [5.41, 5.74) is 3.37. The Hall–Kier alpha value is -3.73. The summed E-state index contributed by atoms with van der Waals surface area (Å²) in [6, 6.07) is 23.4. The number of hydrogen-bond donors (Lipinski definition) is 1. The Morgan fingerprint density at radius 1 is 0.931 bits per heavy atom. The van der Waals surface area contributed by atoms with Gasteiger partial charge in [-0.25, -0.2) is 0 Å². The normalized spacial score (nSPS) is 10.7. The molecule has 0 fully saturated rings. The van der Waals surface area contributed by atoms with Crippen LogP contribution in [-0.4, -0.2) is 24.7 Å². The van der Waals surface area contributed by atoms with Crippen LogP contribution in [0.3, 0.4) is 0 Å². The Morgan fingerprint density at radius 2 is 1.69 bits per heavy atom. The number of nitrogens with one attached hydrogen (secondary N) is 1. The zero-order valence-electron chi connectivity index (χ0n) is 16.4. The van der Waals surface area contributed by atoms with Gasteiger partial charge in [0.05, 0.1) is 25.5 Å². The fraction of sp³-hybridized carbons (Fsp3) is 0.125. The molecular weight excluding hydrogens is 364 g/mol. The van der Waals surface area contributed by atoms with E-state index < -0.39 is 0 Å². The molecule has 3 aromatic carbocycles. The highest BCUT2D eigenvalue weighted by Gasteiger charge is 2.17. The van der Waals surface area contributed by atoms with Gasteiger partial charge in [0.1, 0.15) is 11.5 Å². The van der Waals surface area contributed by atoms with E-state index in [1.165, 1.54) is 5.56 Å². The lowest BCUT2D eigenvalue weighted by atomic mass is 10.1. The summed E-state index contributed by atoms with van der Waals surface area (Å²) < 4.78 is 12.7. The Morgan fingerprint density at radius 3 is 2.45 bits per heavy atom. The maximum absolute atomic E-state index is 13.1. The number of amides is 1. The lowest BCUT2D eigenvalue weighted by molar-refractivity contribution is 0.102. The molecule has 0 aliphatic heterocycles. The third kappa shape index (κ3) is 3.80. The van der Waals surface area contributed by atoms with Gasteiger partial charge in [0.15, 0.2) is 0 Å². The van der Waals surface area contributed by atoms with Gasteiger partial charge in [-0.3, -0.25) is 4.79 Å². The van der Waals surface area contributed by atoms with E-state index in [9.17, 15) is 4.79 Å². The molecule has 1 N–H and O–H groups in total. The second-order valence-corrected chi connectivity index (χ2v) is 6.69. The fourth-order valence-electron chi connectivity index (χ4n) is 3.44. The maximum Gasteiger partial charge on any atom is 0.257 e. The quantitative estimate of drug-likeness (QED) is 0.510. The molecule has 5 heteroatoms. The minimum absolute atomic E-state index is 0.195. The predicted molar refractivity (Wildman–Crippen MR) is 115 cm³/mol. The van der Waals surface area contributed by atoms with Crippen molar-refractivity contribution in [3.05, 3.63) is 90.1 Å². The van der Waals surface area contributed by atoms with Gasteiger partial charge in [-0.15, -0.1) is 0 Å². The number of fused-ring (bicyclic) bond motifs is 1. The molecule has 1 aromatic heterocycles. The number of hydrogen-bond acceptors (Lipinski definition) is 3. The average Bonchev–Trinajstić information content (AvgIpc) is 3.13.